The molecule has 0 atom stereocenters. The number of para-hydroxylation sites is 2. The second-order valence-corrected chi connectivity index (χ2v) is 6.74. The van der Waals surface area contributed by atoms with Crippen molar-refractivity contribution < 1.29 is 14.3 Å². The minimum absolute atomic E-state index is 0.0435. The number of nitrogens with zero attached hydrogens (tertiary/aromatic N) is 2. The lowest BCUT2D eigenvalue weighted by Crippen LogP contribution is -2.48. The Morgan fingerprint density at radius 2 is 1.54 bits per heavy atom. The van der Waals surface area contributed by atoms with Gasteiger partial charge in [0.25, 0.3) is 0 Å². The molecule has 2 N–H and O–H groups in total. The van der Waals surface area contributed by atoms with Crippen LogP contribution in [0, 0.1) is 0 Å². The van der Waals surface area contributed by atoms with Gasteiger partial charge in [0.2, 0.25) is 11.8 Å². The van der Waals surface area contributed by atoms with Crippen molar-refractivity contribution in [3.05, 3.63) is 48.5 Å². The van der Waals surface area contributed by atoms with Crippen molar-refractivity contribution in [2.24, 2.45) is 0 Å². The van der Waals surface area contributed by atoms with Gasteiger partial charge in [0.1, 0.15) is 5.75 Å². The molecular weight excluding hydrogens is 356 g/mol. The van der Waals surface area contributed by atoms with E-state index >= 15 is 0 Å². The summed E-state index contributed by atoms with van der Waals surface area (Å²) >= 11 is 0. The van der Waals surface area contributed by atoms with Gasteiger partial charge in [0.05, 0.1) is 19.3 Å². The number of carbonyl (C=O) groups is 2. The van der Waals surface area contributed by atoms with Gasteiger partial charge in [-0.25, -0.2) is 0 Å². The monoisotopic (exact) mass is 382 g/mol. The summed E-state index contributed by atoms with van der Waals surface area (Å²) in [6.45, 7) is 5.13. The zero-order valence-electron chi connectivity index (χ0n) is 16.3. The van der Waals surface area contributed by atoms with Crippen LogP contribution in [0.4, 0.5) is 17.1 Å². The van der Waals surface area contributed by atoms with E-state index in [1.54, 1.807) is 31.4 Å². The maximum Gasteiger partial charge on any atom is 0.238 e. The average Bonchev–Trinajstić information content (AvgIpc) is 2.69. The van der Waals surface area contributed by atoms with Gasteiger partial charge in [-0.05, 0) is 36.4 Å². The summed E-state index contributed by atoms with van der Waals surface area (Å²) in [6.07, 6.45) is 0. The Morgan fingerprint density at radius 1 is 0.929 bits per heavy atom. The van der Waals surface area contributed by atoms with Crippen LogP contribution in [0.15, 0.2) is 48.5 Å². The van der Waals surface area contributed by atoms with Crippen LogP contribution in [0.5, 0.6) is 5.75 Å². The minimum Gasteiger partial charge on any atom is -0.495 e. The highest BCUT2D eigenvalue weighted by Crippen LogP contribution is 2.28. The predicted molar refractivity (Wildman–Crippen MR) is 111 cm³/mol. The third-order valence-electron chi connectivity index (χ3n) is 4.65. The molecule has 0 saturated carbocycles. The molecule has 0 bridgehead atoms. The summed E-state index contributed by atoms with van der Waals surface area (Å²) in [5, 5.41) is 5.61. The first-order chi connectivity index (χ1) is 13.5. The van der Waals surface area contributed by atoms with Crippen LogP contribution in [0.25, 0.3) is 0 Å². The molecule has 7 heteroatoms. The van der Waals surface area contributed by atoms with Crippen LogP contribution in [0.1, 0.15) is 6.92 Å². The summed E-state index contributed by atoms with van der Waals surface area (Å²) in [7, 11) is 1.68. The number of benzene rings is 2. The van der Waals surface area contributed by atoms with Crippen LogP contribution in [-0.4, -0.2) is 56.5 Å². The summed E-state index contributed by atoms with van der Waals surface area (Å²) in [4.78, 5) is 27.8. The number of carbonyl (C=O) groups excluding carboxylic acids is 2. The maximum absolute atomic E-state index is 12.3. The Labute approximate surface area is 165 Å². The SMILES string of the molecule is COc1ccccc1N1CCN(CC(=O)Nc2ccc(NC(C)=O)cc2)CC1. The summed E-state index contributed by atoms with van der Waals surface area (Å²) in [5.41, 5.74) is 2.51. The molecule has 0 aromatic heterocycles. The van der Waals surface area contributed by atoms with E-state index in [1.165, 1.54) is 6.92 Å². The Kier molecular flexibility index (Phi) is 6.49. The molecule has 1 fully saturated rings. The highest BCUT2D eigenvalue weighted by atomic mass is 16.5. The molecular formula is C21H26N4O3. The molecule has 0 radical (unpaired) electrons. The first kappa shape index (κ1) is 19.7. The van der Waals surface area contributed by atoms with Crippen LogP contribution >= 0.6 is 0 Å². The molecule has 28 heavy (non-hydrogen) atoms. The molecule has 1 aliphatic heterocycles. The minimum atomic E-state index is -0.121. The number of ether oxygens (including phenoxy) is 1. The molecule has 2 aromatic rings. The Bertz CT molecular complexity index is 815. The molecule has 2 aromatic carbocycles. The van der Waals surface area contributed by atoms with Crippen molar-refractivity contribution in [1.29, 1.82) is 0 Å². The number of amides is 2. The van der Waals surface area contributed by atoms with Crippen molar-refractivity contribution >= 4 is 28.9 Å². The van der Waals surface area contributed by atoms with Gasteiger partial charge in [-0.3, -0.25) is 14.5 Å². The fourth-order valence-corrected chi connectivity index (χ4v) is 3.28. The van der Waals surface area contributed by atoms with Crippen LogP contribution in [0.2, 0.25) is 0 Å². The third-order valence-corrected chi connectivity index (χ3v) is 4.65. The molecule has 0 aliphatic carbocycles. The molecule has 1 saturated heterocycles. The van der Waals surface area contributed by atoms with E-state index in [0.717, 1.165) is 37.6 Å². The molecule has 2 amide bonds. The fourth-order valence-electron chi connectivity index (χ4n) is 3.28. The number of nitrogens with one attached hydrogen (secondary N) is 2. The second-order valence-electron chi connectivity index (χ2n) is 6.74. The Morgan fingerprint density at radius 3 is 2.14 bits per heavy atom. The molecule has 0 unspecified atom stereocenters. The lowest BCUT2D eigenvalue weighted by Gasteiger charge is -2.36. The first-order valence-corrected chi connectivity index (χ1v) is 9.33. The normalized spacial score (nSPS) is 14.4. The van der Waals surface area contributed by atoms with Crippen molar-refractivity contribution in [2.75, 3.05) is 55.4 Å². The average molecular weight is 382 g/mol. The van der Waals surface area contributed by atoms with Gasteiger partial charge in [-0.15, -0.1) is 0 Å². The van der Waals surface area contributed by atoms with Crippen LogP contribution in [-0.2, 0) is 9.59 Å². The van der Waals surface area contributed by atoms with Crippen molar-refractivity contribution in [3.8, 4) is 5.75 Å². The molecule has 148 valence electrons. The van der Waals surface area contributed by atoms with E-state index in [2.05, 4.69) is 26.5 Å². The quantitative estimate of drug-likeness (QED) is 0.803. The molecule has 3 rings (SSSR count). The summed E-state index contributed by atoms with van der Waals surface area (Å²) < 4.78 is 5.44. The van der Waals surface area contributed by atoms with E-state index in [1.807, 2.05) is 18.2 Å². The van der Waals surface area contributed by atoms with Gasteiger partial charge < -0.3 is 20.3 Å². The van der Waals surface area contributed by atoms with Crippen molar-refractivity contribution in [1.82, 2.24) is 4.90 Å². The molecule has 1 aliphatic rings. The largest absolute Gasteiger partial charge is 0.495 e. The summed E-state index contributed by atoms with van der Waals surface area (Å²) in [6, 6.07) is 15.1. The zero-order valence-corrected chi connectivity index (χ0v) is 16.3. The number of rotatable bonds is 6. The standard InChI is InChI=1S/C21H26N4O3/c1-16(26)22-17-7-9-18(10-8-17)23-21(27)15-24-11-13-25(14-12-24)19-5-3-4-6-20(19)28-2/h3-10H,11-15H2,1-2H3,(H,22,26)(H,23,27). The van der Waals surface area contributed by atoms with E-state index in [4.69, 9.17) is 4.74 Å². The van der Waals surface area contributed by atoms with Gasteiger partial charge in [0, 0.05) is 44.5 Å². The smallest absolute Gasteiger partial charge is 0.238 e. The number of anilines is 3. The zero-order chi connectivity index (χ0) is 19.9. The molecule has 7 nitrogen and oxygen atoms in total. The van der Waals surface area contributed by atoms with Gasteiger partial charge in [-0.2, -0.15) is 0 Å². The topological polar surface area (TPSA) is 73.9 Å². The van der Waals surface area contributed by atoms with Gasteiger partial charge in [-0.1, -0.05) is 12.1 Å². The third kappa shape index (κ3) is 5.23. The predicted octanol–water partition coefficient (Wildman–Crippen LogP) is 2.41. The molecule has 0 spiro atoms. The summed E-state index contributed by atoms with van der Waals surface area (Å²) in [5.74, 6) is 0.707. The van der Waals surface area contributed by atoms with Crippen LogP contribution < -0.4 is 20.3 Å². The van der Waals surface area contributed by atoms with Gasteiger partial charge >= 0.3 is 0 Å². The Balaban J connectivity index is 1.48. The van der Waals surface area contributed by atoms with Crippen molar-refractivity contribution in [3.63, 3.8) is 0 Å². The maximum atomic E-state index is 12.3. The number of hydrogen-bond acceptors (Lipinski definition) is 5. The highest BCUT2D eigenvalue weighted by Gasteiger charge is 2.21. The highest BCUT2D eigenvalue weighted by molar-refractivity contribution is 5.93. The van der Waals surface area contributed by atoms with Crippen LogP contribution in [0.3, 0.4) is 0 Å². The van der Waals surface area contributed by atoms with Crippen molar-refractivity contribution in [2.45, 2.75) is 6.92 Å². The number of piperazine rings is 1. The van der Waals surface area contributed by atoms with E-state index in [0.29, 0.717) is 17.9 Å². The van der Waals surface area contributed by atoms with E-state index in [9.17, 15) is 9.59 Å². The Hall–Kier alpha value is -3.06. The lowest BCUT2D eigenvalue weighted by atomic mass is 10.2. The number of hydrogen-bond donors (Lipinski definition) is 2. The molecule has 1 heterocycles. The fraction of sp³-hybridized carbons (Fsp3) is 0.333. The first-order valence-electron chi connectivity index (χ1n) is 9.33. The second kappa shape index (κ2) is 9.23. The van der Waals surface area contributed by atoms with E-state index in [-0.39, 0.29) is 11.8 Å². The van der Waals surface area contributed by atoms with E-state index < -0.39 is 0 Å². The lowest BCUT2D eigenvalue weighted by molar-refractivity contribution is -0.117. The number of methoxy groups -OCH3 is 1. The van der Waals surface area contributed by atoms with Gasteiger partial charge in [0.15, 0.2) is 0 Å².